The molecule has 0 unspecified atom stereocenters. The van der Waals surface area contributed by atoms with Crippen molar-refractivity contribution in [2.45, 2.75) is 5.16 Å². The van der Waals surface area contributed by atoms with Gasteiger partial charge in [0.05, 0.1) is 12.7 Å². The normalized spacial score (nSPS) is 10.7. The number of nitrogens with zero attached hydrogens (tertiary/aromatic N) is 3. The van der Waals surface area contributed by atoms with Crippen molar-refractivity contribution in [2.24, 2.45) is 4.99 Å². The molecule has 1 aromatic heterocycles. The van der Waals surface area contributed by atoms with E-state index in [1.165, 1.54) is 11.8 Å². The molecule has 1 aromatic rings. The van der Waals surface area contributed by atoms with Crippen molar-refractivity contribution in [1.82, 2.24) is 9.97 Å². The third-order valence-corrected chi connectivity index (χ3v) is 1.96. The number of aromatic nitrogens is 2. The van der Waals surface area contributed by atoms with Crippen molar-refractivity contribution in [2.75, 3.05) is 20.4 Å². The monoisotopic (exact) mass is 197 g/mol. The van der Waals surface area contributed by atoms with Crippen LogP contribution >= 0.6 is 11.8 Å². The molecule has 0 spiro atoms. The number of hydrogen-bond donors (Lipinski definition) is 0. The lowest BCUT2D eigenvalue weighted by Crippen LogP contribution is -1.97. The molecule has 0 atom stereocenters. The molecular weight excluding hydrogens is 186 g/mol. The van der Waals surface area contributed by atoms with Crippen molar-refractivity contribution < 1.29 is 4.74 Å². The van der Waals surface area contributed by atoms with E-state index >= 15 is 0 Å². The third kappa shape index (κ3) is 2.42. The molecule has 1 rings (SSSR count). The second-order valence-corrected chi connectivity index (χ2v) is 2.98. The lowest BCUT2D eigenvalue weighted by Gasteiger charge is -2.03. The molecule has 4 nitrogen and oxygen atoms in total. The number of hydrogen-bond acceptors (Lipinski definition) is 5. The van der Waals surface area contributed by atoms with E-state index in [2.05, 4.69) is 15.0 Å². The van der Waals surface area contributed by atoms with Crippen LogP contribution in [-0.2, 0) is 0 Å². The Kier molecular flexibility index (Phi) is 3.70. The fourth-order valence-corrected chi connectivity index (χ4v) is 1.18. The van der Waals surface area contributed by atoms with Crippen LogP contribution in [0.2, 0.25) is 0 Å². The van der Waals surface area contributed by atoms with Gasteiger partial charge < -0.3 is 4.74 Å². The third-order valence-electron chi connectivity index (χ3n) is 1.40. The van der Waals surface area contributed by atoms with E-state index in [9.17, 15) is 0 Å². The van der Waals surface area contributed by atoms with Gasteiger partial charge in [-0.25, -0.2) is 4.98 Å². The zero-order valence-electron chi connectivity index (χ0n) is 7.81. The molecule has 13 heavy (non-hydrogen) atoms. The van der Waals surface area contributed by atoms with Gasteiger partial charge in [-0.05, 0) is 6.26 Å². The Morgan fingerprint density at radius 2 is 2.38 bits per heavy atom. The first-order valence-corrected chi connectivity index (χ1v) is 4.91. The molecule has 70 valence electrons. The van der Waals surface area contributed by atoms with Crippen LogP contribution in [0.1, 0.15) is 5.56 Å². The second kappa shape index (κ2) is 4.81. The van der Waals surface area contributed by atoms with Crippen LogP contribution in [0.25, 0.3) is 0 Å². The van der Waals surface area contributed by atoms with Crippen LogP contribution in [0.3, 0.4) is 0 Å². The van der Waals surface area contributed by atoms with Gasteiger partial charge in [-0.3, -0.25) is 4.99 Å². The molecule has 0 bridgehead atoms. The summed E-state index contributed by atoms with van der Waals surface area (Å²) in [5.41, 5.74) is 0.794. The summed E-state index contributed by atoms with van der Waals surface area (Å²) in [7, 11) is 3.28. The largest absolute Gasteiger partial charge is 0.480 e. The summed E-state index contributed by atoms with van der Waals surface area (Å²) in [5.74, 6) is 0.560. The quantitative estimate of drug-likeness (QED) is 0.416. The van der Waals surface area contributed by atoms with Gasteiger partial charge in [0.2, 0.25) is 5.88 Å². The van der Waals surface area contributed by atoms with Gasteiger partial charge in [-0.15, -0.1) is 0 Å². The standard InChI is InChI=1S/C8H11N3OS/c1-9-4-6-5-10-8(13-3)11-7(6)12-2/h4-5H,1-3H3. The van der Waals surface area contributed by atoms with Crippen molar-refractivity contribution in [3.8, 4) is 5.88 Å². The zero-order chi connectivity index (χ0) is 9.68. The van der Waals surface area contributed by atoms with Crippen LogP contribution in [0.15, 0.2) is 16.3 Å². The average molecular weight is 197 g/mol. The number of thioether (sulfide) groups is 1. The van der Waals surface area contributed by atoms with Gasteiger partial charge in [-0.1, -0.05) is 11.8 Å². The summed E-state index contributed by atoms with van der Waals surface area (Å²) in [4.78, 5) is 12.1. The highest BCUT2D eigenvalue weighted by atomic mass is 32.2. The highest BCUT2D eigenvalue weighted by Gasteiger charge is 2.03. The Bertz CT molecular complexity index is 314. The molecule has 0 fully saturated rings. The summed E-state index contributed by atoms with van der Waals surface area (Å²) in [6, 6.07) is 0. The Hall–Kier alpha value is -1.10. The molecular formula is C8H11N3OS. The number of methoxy groups -OCH3 is 1. The lowest BCUT2D eigenvalue weighted by atomic mass is 10.3. The summed E-state index contributed by atoms with van der Waals surface area (Å²) in [6.07, 6.45) is 5.29. The first-order valence-electron chi connectivity index (χ1n) is 3.69. The number of aliphatic imine (C=N–C) groups is 1. The van der Waals surface area contributed by atoms with Crippen LogP contribution in [0.4, 0.5) is 0 Å². The maximum absolute atomic E-state index is 5.08. The minimum Gasteiger partial charge on any atom is -0.480 e. The van der Waals surface area contributed by atoms with E-state index in [-0.39, 0.29) is 0 Å². The fourth-order valence-electron chi connectivity index (χ4n) is 0.850. The molecule has 0 aromatic carbocycles. The van der Waals surface area contributed by atoms with E-state index < -0.39 is 0 Å². The first kappa shape index (κ1) is 9.98. The minimum atomic E-state index is 0.560. The Morgan fingerprint density at radius 1 is 1.62 bits per heavy atom. The molecule has 0 aliphatic carbocycles. The predicted molar refractivity (Wildman–Crippen MR) is 53.9 cm³/mol. The molecule has 0 aliphatic heterocycles. The highest BCUT2D eigenvalue weighted by Crippen LogP contribution is 2.16. The van der Waals surface area contributed by atoms with Gasteiger partial charge in [0, 0.05) is 19.5 Å². The number of rotatable bonds is 3. The highest BCUT2D eigenvalue weighted by molar-refractivity contribution is 7.98. The van der Waals surface area contributed by atoms with Gasteiger partial charge in [0.25, 0.3) is 0 Å². The Labute approximate surface area is 81.5 Å². The van der Waals surface area contributed by atoms with Gasteiger partial charge in [-0.2, -0.15) is 4.98 Å². The summed E-state index contributed by atoms with van der Waals surface area (Å²) in [5, 5.41) is 0.699. The minimum absolute atomic E-state index is 0.560. The average Bonchev–Trinajstić information content (AvgIpc) is 2.19. The van der Waals surface area contributed by atoms with E-state index in [0.717, 1.165) is 5.56 Å². The predicted octanol–water partition coefficient (Wildman–Crippen LogP) is 1.26. The van der Waals surface area contributed by atoms with Crippen LogP contribution in [0, 0.1) is 0 Å². The summed E-state index contributed by atoms with van der Waals surface area (Å²) in [6.45, 7) is 0. The molecule has 5 heteroatoms. The molecule has 0 radical (unpaired) electrons. The molecule has 0 aliphatic rings. The summed E-state index contributed by atoms with van der Waals surface area (Å²) >= 11 is 1.48. The van der Waals surface area contributed by atoms with Crippen LogP contribution in [-0.4, -0.2) is 36.6 Å². The summed E-state index contributed by atoms with van der Waals surface area (Å²) < 4.78 is 5.08. The van der Waals surface area contributed by atoms with Gasteiger partial charge in [0.1, 0.15) is 0 Å². The molecule has 0 N–H and O–H groups in total. The van der Waals surface area contributed by atoms with E-state index in [1.807, 2.05) is 6.26 Å². The SMILES string of the molecule is CN=Cc1cnc(SC)nc1OC. The van der Waals surface area contributed by atoms with E-state index in [0.29, 0.717) is 11.0 Å². The van der Waals surface area contributed by atoms with Crippen LogP contribution < -0.4 is 4.74 Å². The Morgan fingerprint density at radius 3 is 2.92 bits per heavy atom. The molecule has 0 saturated heterocycles. The van der Waals surface area contributed by atoms with Gasteiger partial charge >= 0.3 is 0 Å². The van der Waals surface area contributed by atoms with Crippen molar-refractivity contribution in [1.29, 1.82) is 0 Å². The molecule has 0 saturated carbocycles. The topological polar surface area (TPSA) is 47.4 Å². The maximum Gasteiger partial charge on any atom is 0.226 e. The molecule has 1 heterocycles. The Balaban J connectivity index is 3.07. The smallest absolute Gasteiger partial charge is 0.226 e. The number of ether oxygens (including phenoxy) is 1. The fraction of sp³-hybridized carbons (Fsp3) is 0.375. The van der Waals surface area contributed by atoms with E-state index in [4.69, 9.17) is 4.74 Å². The second-order valence-electron chi connectivity index (χ2n) is 2.21. The van der Waals surface area contributed by atoms with E-state index in [1.54, 1.807) is 26.6 Å². The molecule has 0 amide bonds. The first-order chi connectivity index (χ1) is 6.31. The lowest BCUT2D eigenvalue weighted by molar-refractivity contribution is 0.391. The van der Waals surface area contributed by atoms with Gasteiger partial charge in [0.15, 0.2) is 5.16 Å². The zero-order valence-corrected chi connectivity index (χ0v) is 8.63. The maximum atomic E-state index is 5.08. The van der Waals surface area contributed by atoms with Crippen molar-refractivity contribution >= 4 is 18.0 Å². The van der Waals surface area contributed by atoms with Crippen molar-refractivity contribution in [3.05, 3.63) is 11.8 Å². The van der Waals surface area contributed by atoms with Crippen molar-refractivity contribution in [3.63, 3.8) is 0 Å². The van der Waals surface area contributed by atoms with Crippen LogP contribution in [0.5, 0.6) is 5.88 Å².